The maximum absolute atomic E-state index is 13.3. The van der Waals surface area contributed by atoms with Gasteiger partial charge in [0, 0.05) is 12.4 Å². The molecule has 3 aromatic heterocycles. The molecular weight excluding hydrogens is 433 g/mol. The number of fused-ring (bicyclic) bond motifs is 1. The first-order valence-electron chi connectivity index (χ1n) is 8.46. The van der Waals surface area contributed by atoms with Crippen molar-refractivity contribution in [2.45, 2.75) is 20.4 Å². The number of thiazole rings is 1. The number of nitrogens with zero attached hydrogens (tertiary/aromatic N) is 3. The summed E-state index contributed by atoms with van der Waals surface area (Å²) in [6.07, 6.45) is 3.44. The van der Waals surface area contributed by atoms with E-state index in [9.17, 15) is 4.79 Å². The predicted octanol–water partition coefficient (Wildman–Crippen LogP) is 6.52. The fourth-order valence-electron chi connectivity index (χ4n) is 2.82. The number of aromatic nitrogens is 2. The molecule has 0 saturated heterocycles. The van der Waals surface area contributed by atoms with E-state index in [1.807, 2.05) is 18.2 Å². The highest BCUT2D eigenvalue weighted by molar-refractivity contribution is 7.22. The highest BCUT2D eigenvalue weighted by atomic mass is 35.5. The molecule has 4 nitrogen and oxygen atoms in total. The first-order valence-corrected chi connectivity index (χ1v) is 10.8. The minimum Gasteiger partial charge on any atom is -0.279 e. The number of carbonyl (C=O) groups excluding carboxylic acids is 1. The number of amides is 1. The number of rotatable bonds is 4. The fraction of sp³-hybridized carbons (Fsp3) is 0.150. The molecule has 0 aliphatic rings. The van der Waals surface area contributed by atoms with Crippen molar-refractivity contribution in [1.82, 2.24) is 9.97 Å². The summed E-state index contributed by atoms with van der Waals surface area (Å²) in [5.41, 5.74) is 4.52. The lowest BCUT2D eigenvalue weighted by Gasteiger charge is -2.19. The number of hydrogen-bond acceptors (Lipinski definition) is 5. The summed E-state index contributed by atoms with van der Waals surface area (Å²) in [6.45, 7) is 4.47. The van der Waals surface area contributed by atoms with Crippen LogP contribution >= 0.6 is 45.9 Å². The molecule has 0 radical (unpaired) electrons. The Bertz CT molecular complexity index is 1130. The second kappa shape index (κ2) is 7.79. The third kappa shape index (κ3) is 3.78. The minimum absolute atomic E-state index is 0.232. The van der Waals surface area contributed by atoms with Gasteiger partial charge >= 0.3 is 0 Å². The Hall–Kier alpha value is -1.99. The van der Waals surface area contributed by atoms with Crippen LogP contribution in [-0.4, -0.2) is 15.9 Å². The van der Waals surface area contributed by atoms with Crippen LogP contribution in [0.15, 0.2) is 42.7 Å². The molecule has 0 fully saturated rings. The van der Waals surface area contributed by atoms with E-state index in [1.165, 1.54) is 33.8 Å². The average molecular weight is 448 g/mol. The number of carbonyl (C=O) groups is 1. The van der Waals surface area contributed by atoms with Crippen LogP contribution in [0.4, 0.5) is 5.13 Å². The monoisotopic (exact) mass is 447 g/mol. The molecule has 0 spiro atoms. The average Bonchev–Trinajstić information content (AvgIpc) is 3.22. The van der Waals surface area contributed by atoms with Gasteiger partial charge in [-0.1, -0.05) is 40.6 Å². The van der Waals surface area contributed by atoms with Gasteiger partial charge in [0.1, 0.15) is 4.34 Å². The lowest BCUT2D eigenvalue weighted by molar-refractivity contribution is 0.0985. The van der Waals surface area contributed by atoms with Crippen LogP contribution in [0.1, 0.15) is 27.0 Å². The summed E-state index contributed by atoms with van der Waals surface area (Å²) in [4.78, 5) is 23.8. The van der Waals surface area contributed by atoms with Gasteiger partial charge in [-0.3, -0.25) is 14.7 Å². The van der Waals surface area contributed by atoms with E-state index in [0.717, 1.165) is 15.8 Å². The quantitative estimate of drug-likeness (QED) is 0.357. The number of thiophene rings is 1. The van der Waals surface area contributed by atoms with E-state index in [2.05, 4.69) is 24.9 Å². The molecule has 0 saturated carbocycles. The molecule has 0 bridgehead atoms. The summed E-state index contributed by atoms with van der Waals surface area (Å²) in [5.74, 6) is -0.232. The second-order valence-electron chi connectivity index (χ2n) is 6.39. The zero-order chi connectivity index (χ0) is 19.8. The van der Waals surface area contributed by atoms with E-state index in [4.69, 9.17) is 28.2 Å². The Balaban J connectivity index is 1.80. The van der Waals surface area contributed by atoms with Crippen LogP contribution in [-0.2, 0) is 6.54 Å². The zero-order valence-corrected chi connectivity index (χ0v) is 18.2. The Labute approximate surface area is 180 Å². The zero-order valence-electron chi connectivity index (χ0n) is 15.1. The van der Waals surface area contributed by atoms with Gasteiger partial charge in [0.15, 0.2) is 5.13 Å². The summed E-state index contributed by atoms with van der Waals surface area (Å²) < 4.78 is 1.89. The third-order valence-corrected chi connectivity index (χ3v) is 6.95. The molecule has 4 aromatic rings. The number of benzene rings is 1. The molecular formula is C20H15Cl2N3OS2. The molecule has 1 amide bonds. The van der Waals surface area contributed by atoms with Crippen LogP contribution in [0.25, 0.3) is 10.2 Å². The van der Waals surface area contributed by atoms with Crippen molar-refractivity contribution in [3.05, 3.63) is 73.7 Å². The highest BCUT2D eigenvalue weighted by Gasteiger charge is 2.25. The Morgan fingerprint density at radius 2 is 1.93 bits per heavy atom. The van der Waals surface area contributed by atoms with Gasteiger partial charge in [-0.2, -0.15) is 0 Å². The number of halogens is 2. The number of hydrogen-bond donors (Lipinski definition) is 0. The molecule has 1 aromatic carbocycles. The van der Waals surface area contributed by atoms with Crippen LogP contribution in [0.5, 0.6) is 0 Å². The first-order chi connectivity index (χ1) is 13.4. The largest absolute Gasteiger partial charge is 0.279 e. The highest BCUT2D eigenvalue weighted by Crippen LogP contribution is 2.36. The lowest BCUT2D eigenvalue weighted by Crippen LogP contribution is -2.30. The Morgan fingerprint density at radius 3 is 2.61 bits per heavy atom. The van der Waals surface area contributed by atoms with Gasteiger partial charge < -0.3 is 0 Å². The molecule has 8 heteroatoms. The lowest BCUT2D eigenvalue weighted by atomic mass is 10.1. The summed E-state index contributed by atoms with van der Waals surface area (Å²) >= 11 is 15.0. The Morgan fingerprint density at radius 1 is 1.14 bits per heavy atom. The van der Waals surface area contributed by atoms with Crippen molar-refractivity contribution in [3.8, 4) is 0 Å². The fourth-order valence-corrected chi connectivity index (χ4v) is 5.31. The van der Waals surface area contributed by atoms with E-state index >= 15 is 0 Å². The summed E-state index contributed by atoms with van der Waals surface area (Å²) in [6, 6.07) is 9.53. The van der Waals surface area contributed by atoms with E-state index in [-0.39, 0.29) is 5.91 Å². The van der Waals surface area contributed by atoms with Gasteiger partial charge in [-0.15, -0.1) is 11.3 Å². The van der Waals surface area contributed by atoms with Gasteiger partial charge in [-0.25, -0.2) is 4.98 Å². The molecule has 4 rings (SSSR count). The smallest absolute Gasteiger partial charge is 0.262 e. The normalized spacial score (nSPS) is 11.1. The topological polar surface area (TPSA) is 46.1 Å². The molecule has 0 aliphatic carbocycles. The summed E-state index contributed by atoms with van der Waals surface area (Å²) in [5, 5.41) is 0.618. The van der Waals surface area contributed by atoms with Gasteiger partial charge in [0.05, 0.1) is 26.7 Å². The standard InChI is InChI=1S/C20H15Cl2N3OS2/c1-11-6-15-16(7-12(11)2)27-20(24-15)25(10-13-4-3-5-23-9-13)19(26)14-8-17(21)28-18(14)22/h3-9H,10H2,1-2H3. The summed E-state index contributed by atoms with van der Waals surface area (Å²) in [7, 11) is 0. The third-order valence-electron chi connectivity index (χ3n) is 4.42. The van der Waals surface area contributed by atoms with Gasteiger partial charge in [0.2, 0.25) is 0 Å². The molecule has 0 N–H and O–H groups in total. The molecule has 28 heavy (non-hydrogen) atoms. The molecule has 0 unspecified atom stereocenters. The SMILES string of the molecule is Cc1cc2nc(N(Cc3cccnc3)C(=O)c3cc(Cl)sc3Cl)sc2cc1C. The van der Waals surface area contributed by atoms with Crippen molar-refractivity contribution in [3.63, 3.8) is 0 Å². The van der Waals surface area contributed by atoms with Crippen molar-refractivity contribution >= 4 is 67.1 Å². The predicted molar refractivity (Wildman–Crippen MR) is 118 cm³/mol. The number of anilines is 1. The van der Waals surface area contributed by atoms with Crippen molar-refractivity contribution in [2.24, 2.45) is 0 Å². The molecule has 3 heterocycles. The Kier molecular flexibility index (Phi) is 5.38. The van der Waals surface area contributed by atoms with Crippen molar-refractivity contribution < 1.29 is 4.79 Å². The molecule has 0 atom stereocenters. The maximum atomic E-state index is 13.3. The van der Waals surface area contributed by atoms with E-state index in [0.29, 0.717) is 25.9 Å². The van der Waals surface area contributed by atoms with Crippen LogP contribution in [0.2, 0.25) is 8.67 Å². The van der Waals surface area contributed by atoms with Crippen LogP contribution in [0.3, 0.4) is 0 Å². The molecule has 0 aliphatic heterocycles. The number of aryl methyl sites for hydroxylation is 2. The van der Waals surface area contributed by atoms with Gasteiger partial charge in [0.25, 0.3) is 5.91 Å². The first kappa shape index (κ1) is 19.3. The van der Waals surface area contributed by atoms with Crippen LogP contribution < -0.4 is 4.90 Å². The van der Waals surface area contributed by atoms with Crippen LogP contribution in [0, 0.1) is 13.8 Å². The minimum atomic E-state index is -0.232. The maximum Gasteiger partial charge on any atom is 0.262 e. The van der Waals surface area contributed by atoms with Gasteiger partial charge in [-0.05, 0) is 54.8 Å². The van der Waals surface area contributed by atoms with Crippen molar-refractivity contribution in [2.75, 3.05) is 4.90 Å². The van der Waals surface area contributed by atoms with Crippen molar-refractivity contribution in [1.29, 1.82) is 0 Å². The second-order valence-corrected chi connectivity index (χ2v) is 9.69. The van der Waals surface area contributed by atoms with E-state index in [1.54, 1.807) is 23.4 Å². The van der Waals surface area contributed by atoms with E-state index < -0.39 is 0 Å². The number of pyridine rings is 1. The molecule has 142 valence electrons.